The number of amides is 2. The molecule has 2 amide bonds. The first-order chi connectivity index (χ1) is 13.6. The molecule has 0 bridgehead atoms. The van der Waals surface area contributed by atoms with Gasteiger partial charge < -0.3 is 15.5 Å². The van der Waals surface area contributed by atoms with Crippen LogP contribution in [-0.2, 0) is 9.59 Å². The maximum Gasteiger partial charge on any atom is 0.238 e. The Kier molecular flexibility index (Phi) is 7.82. The zero-order valence-corrected chi connectivity index (χ0v) is 17.0. The maximum atomic E-state index is 12.3. The van der Waals surface area contributed by atoms with Gasteiger partial charge in [0.05, 0.1) is 13.1 Å². The molecule has 2 saturated heterocycles. The minimum atomic E-state index is 0.00596. The van der Waals surface area contributed by atoms with Crippen molar-refractivity contribution < 1.29 is 9.59 Å². The van der Waals surface area contributed by atoms with Crippen LogP contribution < -0.4 is 10.6 Å². The molecule has 7 nitrogen and oxygen atoms in total. The molecular formula is C21H33N5O2. The van der Waals surface area contributed by atoms with Crippen LogP contribution in [0.1, 0.15) is 25.7 Å². The van der Waals surface area contributed by atoms with Crippen molar-refractivity contribution in [1.29, 1.82) is 0 Å². The van der Waals surface area contributed by atoms with Crippen molar-refractivity contribution in [2.45, 2.75) is 25.7 Å². The average molecular weight is 388 g/mol. The number of anilines is 2. The number of hydrogen-bond donors (Lipinski definition) is 2. The second kappa shape index (κ2) is 10.5. The molecule has 2 fully saturated rings. The van der Waals surface area contributed by atoms with Crippen LogP contribution in [0.25, 0.3) is 0 Å². The van der Waals surface area contributed by atoms with Crippen LogP contribution in [0.4, 0.5) is 11.4 Å². The quantitative estimate of drug-likeness (QED) is 0.778. The van der Waals surface area contributed by atoms with E-state index in [9.17, 15) is 9.59 Å². The molecule has 1 aromatic carbocycles. The number of piperidine rings is 1. The van der Waals surface area contributed by atoms with Crippen LogP contribution in [0.3, 0.4) is 0 Å². The second-order valence-corrected chi connectivity index (χ2v) is 7.94. The lowest BCUT2D eigenvalue weighted by Gasteiger charge is -2.25. The van der Waals surface area contributed by atoms with Crippen molar-refractivity contribution in [3.05, 3.63) is 24.3 Å². The normalized spacial score (nSPS) is 19.8. The fraction of sp³-hybridized carbons (Fsp3) is 0.619. The highest BCUT2D eigenvalue weighted by Gasteiger charge is 2.16. The van der Waals surface area contributed by atoms with E-state index in [0.717, 1.165) is 57.1 Å². The van der Waals surface area contributed by atoms with E-state index >= 15 is 0 Å². The molecule has 2 aliphatic heterocycles. The second-order valence-electron chi connectivity index (χ2n) is 7.94. The first-order valence-electron chi connectivity index (χ1n) is 10.4. The number of carbonyl (C=O) groups excluding carboxylic acids is 2. The van der Waals surface area contributed by atoms with Gasteiger partial charge in [0, 0.05) is 24.5 Å². The molecule has 28 heavy (non-hydrogen) atoms. The van der Waals surface area contributed by atoms with Gasteiger partial charge in [-0.25, -0.2) is 0 Å². The van der Waals surface area contributed by atoms with E-state index in [-0.39, 0.29) is 11.8 Å². The Hall–Kier alpha value is -1.96. The summed E-state index contributed by atoms with van der Waals surface area (Å²) in [7, 11) is 2.12. The minimum absolute atomic E-state index is 0.00596. The van der Waals surface area contributed by atoms with E-state index in [0.29, 0.717) is 13.1 Å². The third-order valence-corrected chi connectivity index (χ3v) is 5.45. The number of likely N-dealkylation sites (tertiary alicyclic amines) is 1. The Morgan fingerprint density at radius 1 is 0.714 bits per heavy atom. The summed E-state index contributed by atoms with van der Waals surface area (Å²) in [6.45, 7) is 6.84. The van der Waals surface area contributed by atoms with Crippen molar-refractivity contribution in [3.8, 4) is 0 Å². The maximum absolute atomic E-state index is 12.3. The molecule has 2 N–H and O–H groups in total. The Balaban J connectivity index is 1.42. The van der Waals surface area contributed by atoms with Crippen molar-refractivity contribution in [2.24, 2.45) is 0 Å². The fourth-order valence-corrected chi connectivity index (χ4v) is 3.82. The summed E-state index contributed by atoms with van der Waals surface area (Å²) >= 11 is 0. The molecule has 154 valence electrons. The van der Waals surface area contributed by atoms with E-state index in [4.69, 9.17) is 0 Å². The number of likely N-dealkylation sites (N-methyl/N-ethyl adjacent to an activating group) is 1. The van der Waals surface area contributed by atoms with Gasteiger partial charge in [-0.1, -0.05) is 6.42 Å². The lowest BCUT2D eigenvalue weighted by Crippen LogP contribution is -2.36. The van der Waals surface area contributed by atoms with Gasteiger partial charge in [0.15, 0.2) is 0 Å². The van der Waals surface area contributed by atoms with E-state index in [1.165, 1.54) is 19.3 Å². The van der Waals surface area contributed by atoms with Gasteiger partial charge in [0.25, 0.3) is 0 Å². The number of nitrogens with zero attached hydrogens (tertiary/aromatic N) is 3. The summed E-state index contributed by atoms with van der Waals surface area (Å²) in [5.41, 5.74) is 1.52. The Labute approximate surface area is 168 Å². The molecule has 0 aliphatic carbocycles. The van der Waals surface area contributed by atoms with E-state index < -0.39 is 0 Å². The minimum Gasteiger partial charge on any atom is -0.325 e. The standard InChI is InChI=1S/C21H33N5O2/c1-24-10-5-13-26(15-14-24)17-21(28)23-19-8-6-18(7-9-19)22-20(27)16-25-11-3-2-4-12-25/h6-9H,2-5,10-17H2,1H3,(H,22,27)(H,23,28). The van der Waals surface area contributed by atoms with Crippen LogP contribution in [0.15, 0.2) is 24.3 Å². The summed E-state index contributed by atoms with van der Waals surface area (Å²) in [5, 5.41) is 5.89. The van der Waals surface area contributed by atoms with Gasteiger partial charge in [0.2, 0.25) is 11.8 Å². The Bertz CT molecular complexity index is 643. The lowest BCUT2D eigenvalue weighted by molar-refractivity contribution is -0.118. The van der Waals surface area contributed by atoms with Crippen molar-refractivity contribution in [2.75, 3.05) is 70.0 Å². The molecule has 0 unspecified atom stereocenters. The van der Waals surface area contributed by atoms with Gasteiger partial charge in [0.1, 0.15) is 0 Å². The van der Waals surface area contributed by atoms with Gasteiger partial charge in [-0.3, -0.25) is 19.4 Å². The number of hydrogen-bond acceptors (Lipinski definition) is 5. The van der Waals surface area contributed by atoms with Crippen LogP contribution in [0, 0.1) is 0 Å². The Morgan fingerprint density at radius 3 is 1.79 bits per heavy atom. The largest absolute Gasteiger partial charge is 0.325 e. The summed E-state index contributed by atoms with van der Waals surface area (Å²) in [6, 6.07) is 7.35. The molecule has 0 spiro atoms. The Morgan fingerprint density at radius 2 is 1.21 bits per heavy atom. The number of nitrogens with one attached hydrogen (secondary N) is 2. The van der Waals surface area contributed by atoms with Gasteiger partial charge >= 0.3 is 0 Å². The van der Waals surface area contributed by atoms with Crippen LogP contribution in [-0.4, -0.2) is 85.9 Å². The van der Waals surface area contributed by atoms with Crippen molar-refractivity contribution in [3.63, 3.8) is 0 Å². The molecule has 0 radical (unpaired) electrons. The predicted molar refractivity (Wildman–Crippen MR) is 113 cm³/mol. The molecule has 0 atom stereocenters. The summed E-state index contributed by atoms with van der Waals surface area (Å²) in [4.78, 5) is 31.2. The summed E-state index contributed by atoms with van der Waals surface area (Å²) in [5.74, 6) is 0.0243. The highest BCUT2D eigenvalue weighted by atomic mass is 16.2. The zero-order valence-electron chi connectivity index (χ0n) is 17.0. The highest BCUT2D eigenvalue weighted by Crippen LogP contribution is 2.14. The first kappa shape index (κ1) is 20.8. The molecule has 3 rings (SSSR count). The summed E-state index contributed by atoms with van der Waals surface area (Å²) < 4.78 is 0. The third-order valence-electron chi connectivity index (χ3n) is 5.45. The molecular weight excluding hydrogens is 354 g/mol. The van der Waals surface area contributed by atoms with Gasteiger partial charge in [-0.05, 0) is 76.8 Å². The molecule has 2 aliphatic rings. The van der Waals surface area contributed by atoms with E-state index in [1.54, 1.807) is 0 Å². The topological polar surface area (TPSA) is 67.9 Å². The van der Waals surface area contributed by atoms with Crippen LogP contribution >= 0.6 is 0 Å². The monoisotopic (exact) mass is 387 g/mol. The molecule has 2 heterocycles. The highest BCUT2D eigenvalue weighted by molar-refractivity contribution is 5.94. The molecule has 7 heteroatoms. The lowest BCUT2D eigenvalue weighted by atomic mass is 10.1. The summed E-state index contributed by atoms with van der Waals surface area (Å²) in [6.07, 6.45) is 4.71. The average Bonchev–Trinajstić information content (AvgIpc) is 2.88. The van der Waals surface area contributed by atoms with Crippen LogP contribution in [0.2, 0.25) is 0 Å². The number of rotatable bonds is 6. The SMILES string of the molecule is CN1CCCN(CC(=O)Nc2ccc(NC(=O)CN3CCCCC3)cc2)CC1. The van der Waals surface area contributed by atoms with E-state index in [1.807, 2.05) is 24.3 Å². The number of benzene rings is 1. The predicted octanol–water partition coefficient (Wildman–Crippen LogP) is 1.69. The molecule has 1 aromatic rings. The van der Waals surface area contributed by atoms with Crippen LogP contribution in [0.5, 0.6) is 0 Å². The van der Waals surface area contributed by atoms with Crippen molar-refractivity contribution in [1.82, 2.24) is 14.7 Å². The fourth-order valence-electron chi connectivity index (χ4n) is 3.82. The first-order valence-corrected chi connectivity index (χ1v) is 10.4. The van der Waals surface area contributed by atoms with Gasteiger partial charge in [-0.15, -0.1) is 0 Å². The third kappa shape index (κ3) is 6.89. The van der Waals surface area contributed by atoms with Crippen molar-refractivity contribution >= 4 is 23.2 Å². The molecule has 0 aromatic heterocycles. The number of carbonyl (C=O) groups is 2. The van der Waals surface area contributed by atoms with Gasteiger partial charge in [-0.2, -0.15) is 0 Å². The smallest absolute Gasteiger partial charge is 0.238 e. The van der Waals surface area contributed by atoms with E-state index in [2.05, 4.69) is 32.4 Å². The zero-order chi connectivity index (χ0) is 19.8. The molecule has 0 saturated carbocycles.